The molecule has 0 aliphatic rings. The molecule has 2 rings (SSSR count). The summed E-state index contributed by atoms with van der Waals surface area (Å²) in [6.07, 6.45) is 2.00. The van der Waals surface area contributed by atoms with Gasteiger partial charge in [0.25, 0.3) is 0 Å². The minimum Gasteiger partial charge on any atom is -0.327 e. The second-order valence-electron chi connectivity index (χ2n) is 6.28. The van der Waals surface area contributed by atoms with Crippen LogP contribution in [0.25, 0.3) is 11.3 Å². The Balaban J connectivity index is 2.03. The fourth-order valence-electron chi connectivity index (χ4n) is 1.90. The molecule has 0 saturated carbocycles. The van der Waals surface area contributed by atoms with Gasteiger partial charge in [0.1, 0.15) is 0 Å². The molecule has 112 valence electrons. The van der Waals surface area contributed by atoms with Crippen LogP contribution in [0.3, 0.4) is 0 Å². The first-order valence-corrected chi connectivity index (χ1v) is 7.01. The number of aromatic nitrogens is 2. The topological polar surface area (TPSA) is 83.8 Å². The van der Waals surface area contributed by atoms with Gasteiger partial charge in [-0.2, -0.15) is 5.10 Å². The zero-order valence-electron chi connectivity index (χ0n) is 12.7. The normalized spacial score (nSPS) is 13.0. The van der Waals surface area contributed by atoms with E-state index in [2.05, 4.69) is 15.5 Å². The van der Waals surface area contributed by atoms with E-state index in [1.54, 1.807) is 6.20 Å². The number of hydrogen-bond donors (Lipinski definition) is 3. The summed E-state index contributed by atoms with van der Waals surface area (Å²) in [6.45, 7) is 6.09. The molecule has 2 aromatic rings. The number of carbonyl (C=O) groups is 1. The van der Waals surface area contributed by atoms with Gasteiger partial charge in [-0.3, -0.25) is 9.89 Å². The maximum absolute atomic E-state index is 12.1. The lowest BCUT2D eigenvalue weighted by Crippen LogP contribution is -2.38. The SMILES string of the molecule is CC(C)(C)C(N)CC(=O)Nc1cccc(-c2ccn[nH]2)c1. The lowest BCUT2D eigenvalue weighted by molar-refractivity contribution is -0.117. The Kier molecular flexibility index (Phi) is 4.43. The first-order chi connectivity index (χ1) is 9.86. The molecule has 1 unspecified atom stereocenters. The van der Waals surface area contributed by atoms with Crippen LogP contribution in [0.1, 0.15) is 27.2 Å². The van der Waals surface area contributed by atoms with Gasteiger partial charge in [-0.05, 0) is 23.6 Å². The van der Waals surface area contributed by atoms with Crippen LogP contribution in [0.15, 0.2) is 36.5 Å². The van der Waals surface area contributed by atoms with E-state index < -0.39 is 0 Å². The second-order valence-corrected chi connectivity index (χ2v) is 6.28. The molecule has 0 aliphatic carbocycles. The molecule has 0 saturated heterocycles. The maximum atomic E-state index is 12.1. The summed E-state index contributed by atoms with van der Waals surface area (Å²) >= 11 is 0. The van der Waals surface area contributed by atoms with Gasteiger partial charge >= 0.3 is 0 Å². The molecule has 0 radical (unpaired) electrons. The van der Waals surface area contributed by atoms with Crippen LogP contribution in [0.5, 0.6) is 0 Å². The quantitative estimate of drug-likeness (QED) is 0.808. The number of carbonyl (C=O) groups excluding carboxylic acids is 1. The Morgan fingerprint density at radius 2 is 2.14 bits per heavy atom. The third kappa shape index (κ3) is 4.16. The smallest absolute Gasteiger partial charge is 0.225 e. The number of aromatic amines is 1. The average Bonchev–Trinajstić information content (AvgIpc) is 2.91. The van der Waals surface area contributed by atoms with Crippen LogP contribution in [0, 0.1) is 5.41 Å². The van der Waals surface area contributed by atoms with Crippen LogP contribution < -0.4 is 11.1 Å². The van der Waals surface area contributed by atoms with Crippen molar-refractivity contribution in [3.63, 3.8) is 0 Å². The molecular weight excluding hydrogens is 264 g/mol. The number of anilines is 1. The van der Waals surface area contributed by atoms with Crippen molar-refractivity contribution in [2.24, 2.45) is 11.1 Å². The lowest BCUT2D eigenvalue weighted by atomic mass is 9.85. The second kappa shape index (κ2) is 6.10. The van der Waals surface area contributed by atoms with Crippen LogP contribution in [-0.4, -0.2) is 22.1 Å². The summed E-state index contributed by atoms with van der Waals surface area (Å²) in [7, 11) is 0. The van der Waals surface area contributed by atoms with Gasteiger partial charge in [-0.15, -0.1) is 0 Å². The van der Waals surface area contributed by atoms with Gasteiger partial charge in [0.15, 0.2) is 0 Å². The van der Waals surface area contributed by atoms with Crippen molar-refractivity contribution in [3.05, 3.63) is 36.5 Å². The van der Waals surface area contributed by atoms with Crippen molar-refractivity contribution in [2.45, 2.75) is 33.2 Å². The molecule has 0 spiro atoms. The summed E-state index contributed by atoms with van der Waals surface area (Å²) in [4.78, 5) is 12.1. The van der Waals surface area contributed by atoms with Crippen molar-refractivity contribution >= 4 is 11.6 Å². The van der Waals surface area contributed by atoms with Crippen LogP contribution >= 0.6 is 0 Å². The maximum Gasteiger partial charge on any atom is 0.225 e. The van der Waals surface area contributed by atoms with Gasteiger partial charge in [-0.25, -0.2) is 0 Å². The van der Waals surface area contributed by atoms with Crippen molar-refractivity contribution < 1.29 is 4.79 Å². The zero-order chi connectivity index (χ0) is 15.5. The molecule has 1 aromatic heterocycles. The Morgan fingerprint density at radius 3 is 2.76 bits per heavy atom. The molecule has 1 amide bonds. The van der Waals surface area contributed by atoms with Gasteiger partial charge < -0.3 is 11.1 Å². The number of nitrogens with one attached hydrogen (secondary N) is 2. The van der Waals surface area contributed by atoms with Gasteiger partial charge in [0.05, 0.1) is 5.69 Å². The highest BCUT2D eigenvalue weighted by molar-refractivity contribution is 5.91. The fraction of sp³-hybridized carbons (Fsp3) is 0.375. The Labute approximate surface area is 124 Å². The highest BCUT2D eigenvalue weighted by atomic mass is 16.1. The minimum absolute atomic E-state index is 0.0702. The summed E-state index contributed by atoms with van der Waals surface area (Å²) in [6, 6.07) is 9.35. The molecule has 1 atom stereocenters. The number of nitrogens with zero attached hydrogens (tertiary/aromatic N) is 1. The van der Waals surface area contributed by atoms with Gasteiger partial charge in [0, 0.05) is 29.9 Å². The molecule has 0 bridgehead atoms. The molecular formula is C16H22N4O. The van der Waals surface area contributed by atoms with Gasteiger partial charge in [-0.1, -0.05) is 32.9 Å². The lowest BCUT2D eigenvalue weighted by Gasteiger charge is -2.26. The van der Waals surface area contributed by atoms with E-state index in [-0.39, 0.29) is 17.4 Å². The Hall–Kier alpha value is -2.14. The monoisotopic (exact) mass is 286 g/mol. The largest absolute Gasteiger partial charge is 0.327 e. The first kappa shape index (κ1) is 15.3. The molecule has 21 heavy (non-hydrogen) atoms. The van der Waals surface area contributed by atoms with E-state index in [9.17, 15) is 4.79 Å². The van der Waals surface area contributed by atoms with Gasteiger partial charge in [0.2, 0.25) is 5.91 Å². The molecule has 1 aromatic carbocycles. The number of H-pyrrole nitrogens is 1. The minimum atomic E-state index is -0.173. The van der Waals surface area contributed by atoms with E-state index in [1.807, 2.05) is 51.1 Å². The van der Waals surface area contributed by atoms with E-state index in [4.69, 9.17) is 5.73 Å². The predicted molar refractivity (Wildman–Crippen MR) is 84.7 cm³/mol. The summed E-state index contributed by atoms with van der Waals surface area (Å²) in [5.74, 6) is -0.0702. The third-order valence-corrected chi connectivity index (χ3v) is 3.48. The molecule has 0 aliphatic heterocycles. The highest BCUT2D eigenvalue weighted by Gasteiger charge is 2.23. The van der Waals surface area contributed by atoms with Crippen molar-refractivity contribution in [2.75, 3.05) is 5.32 Å². The summed E-state index contributed by atoms with van der Waals surface area (Å²) in [5.41, 5.74) is 8.60. The van der Waals surface area contributed by atoms with E-state index in [0.29, 0.717) is 6.42 Å². The standard InChI is InChI=1S/C16H22N4O/c1-16(2,3)14(17)10-15(21)19-12-6-4-5-11(9-12)13-7-8-18-20-13/h4-9,14H,10,17H2,1-3H3,(H,18,20)(H,19,21). The highest BCUT2D eigenvalue weighted by Crippen LogP contribution is 2.22. The van der Waals surface area contributed by atoms with Crippen LogP contribution in [-0.2, 0) is 4.79 Å². The summed E-state index contributed by atoms with van der Waals surface area (Å²) in [5, 5.41) is 9.72. The summed E-state index contributed by atoms with van der Waals surface area (Å²) < 4.78 is 0. The van der Waals surface area contributed by atoms with Crippen molar-refractivity contribution in [1.29, 1.82) is 0 Å². The third-order valence-electron chi connectivity index (χ3n) is 3.48. The number of nitrogens with two attached hydrogens (primary N) is 1. The van der Waals surface area contributed by atoms with E-state index in [1.165, 1.54) is 0 Å². The number of amides is 1. The Bertz CT molecular complexity index is 599. The molecule has 5 nitrogen and oxygen atoms in total. The number of rotatable bonds is 4. The number of benzene rings is 1. The number of hydrogen-bond acceptors (Lipinski definition) is 3. The van der Waals surface area contributed by atoms with Crippen LogP contribution in [0.2, 0.25) is 0 Å². The molecule has 4 N–H and O–H groups in total. The first-order valence-electron chi connectivity index (χ1n) is 7.01. The van der Waals surface area contributed by atoms with E-state index in [0.717, 1.165) is 16.9 Å². The molecule has 1 heterocycles. The van der Waals surface area contributed by atoms with Crippen molar-refractivity contribution in [1.82, 2.24) is 10.2 Å². The van der Waals surface area contributed by atoms with E-state index >= 15 is 0 Å². The predicted octanol–water partition coefficient (Wildman–Crippen LogP) is 2.78. The van der Waals surface area contributed by atoms with Crippen molar-refractivity contribution in [3.8, 4) is 11.3 Å². The fourth-order valence-corrected chi connectivity index (χ4v) is 1.90. The molecule has 5 heteroatoms. The average molecular weight is 286 g/mol. The Morgan fingerprint density at radius 1 is 1.38 bits per heavy atom. The van der Waals surface area contributed by atoms with Crippen LogP contribution in [0.4, 0.5) is 5.69 Å². The zero-order valence-corrected chi connectivity index (χ0v) is 12.7. The molecule has 0 fully saturated rings.